The molecule has 0 unspecified atom stereocenters. The van der Waals surface area contributed by atoms with Gasteiger partial charge in [0.1, 0.15) is 0 Å². The molecule has 0 saturated heterocycles. The second-order valence-electron chi connectivity index (χ2n) is 4.96. The van der Waals surface area contributed by atoms with Crippen LogP contribution in [-0.4, -0.2) is 16.4 Å². The molecule has 3 N–H and O–H groups in total. The van der Waals surface area contributed by atoms with Crippen molar-refractivity contribution in [1.82, 2.24) is 0 Å². The summed E-state index contributed by atoms with van der Waals surface area (Å²) in [5, 5.41) is 13.4. The van der Waals surface area contributed by atoms with Crippen molar-refractivity contribution >= 4 is 28.9 Å². The minimum atomic E-state index is -0.547. The van der Waals surface area contributed by atoms with Gasteiger partial charge in [-0.2, -0.15) is 0 Å². The number of carbonyl (C=O) groups is 1. The number of amides is 1. The smallest absolute Gasteiger partial charge is 0.271 e. The summed E-state index contributed by atoms with van der Waals surface area (Å²) < 4.78 is 0. The van der Waals surface area contributed by atoms with E-state index in [1.54, 1.807) is 0 Å². The lowest BCUT2D eigenvalue weighted by Gasteiger charge is -2.17. The SMILES string of the molecule is CC(C)(N)CCC(=O)Nc1cc([N+](=O)[O-])ccc1Cl. The molecule has 0 saturated carbocycles. The van der Waals surface area contributed by atoms with Crippen molar-refractivity contribution in [3.63, 3.8) is 0 Å². The summed E-state index contributed by atoms with van der Waals surface area (Å²) in [4.78, 5) is 21.8. The molecule has 0 heterocycles. The third-order valence-corrected chi connectivity index (χ3v) is 2.76. The topological polar surface area (TPSA) is 98.3 Å². The molecular formula is C12H16ClN3O3. The van der Waals surface area contributed by atoms with E-state index in [-0.39, 0.29) is 28.7 Å². The fraction of sp³-hybridized carbons (Fsp3) is 0.417. The molecule has 0 aliphatic heterocycles. The maximum Gasteiger partial charge on any atom is 0.271 e. The number of anilines is 1. The molecule has 0 radical (unpaired) electrons. The quantitative estimate of drug-likeness (QED) is 0.642. The van der Waals surface area contributed by atoms with Gasteiger partial charge < -0.3 is 11.1 Å². The van der Waals surface area contributed by atoms with Crippen molar-refractivity contribution in [2.24, 2.45) is 5.73 Å². The summed E-state index contributed by atoms with van der Waals surface area (Å²) in [7, 11) is 0. The highest BCUT2D eigenvalue weighted by molar-refractivity contribution is 6.33. The number of nitro benzene ring substituents is 1. The molecule has 0 bridgehead atoms. The van der Waals surface area contributed by atoms with Gasteiger partial charge in [0.2, 0.25) is 5.91 Å². The Kier molecular flexibility index (Phi) is 4.85. The molecule has 0 spiro atoms. The van der Waals surface area contributed by atoms with Crippen LogP contribution in [0.5, 0.6) is 0 Å². The van der Waals surface area contributed by atoms with Crippen LogP contribution >= 0.6 is 11.6 Å². The molecule has 6 nitrogen and oxygen atoms in total. The summed E-state index contributed by atoms with van der Waals surface area (Å²) in [5.74, 6) is -0.277. The number of carbonyl (C=O) groups excluding carboxylic acids is 1. The molecule has 0 aliphatic carbocycles. The predicted octanol–water partition coefficient (Wildman–Crippen LogP) is 2.70. The summed E-state index contributed by atoms with van der Waals surface area (Å²) in [6, 6.07) is 3.89. The third-order valence-electron chi connectivity index (χ3n) is 2.43. The largest absolute Gasteiger partial charge is 0.326 e. The van der Waals surface area contributed by atoms with Gasteiger partial charge in [0.15, 0.2) is 0 Å². The fourth-order valence-corrected chi connectivity index (χ4v) is 1.54. The van der Waals surface area contributed by atoms with Gasteiger partial charge in [-0.25, -0.2) is 0 Å². The zero-order valence-corrected chi connectivity index (χ0v) is 11.5. The van der Waals surface area contributed by atoms with Crippen molar-refractivity contribution < 1.29 is 9.72 Å². The van der Waals surface area contributed by atoms with Crippen LogP contribution in [0.1, 0.15) is 26.7 Å². The maximum atomic E-state index is 11.7. The van der Waals surface area contributed by atoms with Gasteiger partial charge in [-0.05, 0) is 26.3 Å². The summed E-state index contributed by atoms with van der Waals surface area (Å²) >= 11 is 5.87. The highest BCUT2D eigenvalue weighted by atomic mass is 35.5. The molecule has 1 amide bonds. The van der Waals surface area contributed by atoms with Crippen LogP contribution in [0.15, 0.2) is 18.2 Å². The number of nitrogens with zero attached hydrogens (tertiary/aromatic N) is 1. The molecular weight excluding hydrogens is 270 g/mol. The van der Waals surface area contributed by atoms with Crippen molar-refractivity contribution in [1.29, 1.82) is 0 Å². The normalized spacial score (nSPS) is 11.2. The number of rotatable bonds is 5. The van der Waals surface area contributed by atoms with E-state index in [2.05, 4.69) is 5.32 Å². The van der Waals surface area contributed by atoms with E-state index in [1.165, 1.54) is 18.2 Å². The van der Waals surface area contributed by atoms with E-state index in [0.29, 0.717) is 6.42 Å². The summed E-state index contributed by atoms with van der Waals surface area (Å²) in [6.45, 7) is 3.64. The van der Waals surface area contributed by atoms with Crippen LogP contribution in [0.2, 0.25) is 5.02 Å². The Labute approximate surface area is 116 Å². The molecule has 19 heavy (non-hydrogen) atoms. The first-order valence-corrected chi connectivity index (χ1v) is 6.09. The van der Waals surface area contributed by atoms with Crippen LogP contribution in [0.3, 0.4) is 0 Å². The number of hydrogen-bond acceptors (Lipinski definition) is 4. The number of non-ortho nitro benzene ring substituents is 1. The van der Waals surface area contributed by atoms with Crippen LogP contribution < -0.4 is 11.1 Å². The highest BCUT2D eigenvalue weighted by Crippen LogP contribution is 2.26. The zero-order chi connectivity index (χ0) is 14.6. The van der Waals surface area contributed by atoms with Crippen LogP contribution in [0.25, 0.3) is 0 Å². The van der Waals surface area contributed by atoms with E-state index in [1.807, 2.05) is 13.8 Å². The lowest BCUT2D eigenvalue weighted by Crippen LogP contribution is -2.33. The molecule has 1 rings (SSSR count). The average molecular weight is 286 g/mol. The first-order valence-electron chi connectivity index (χ1n) is 5.72. The number of halogens is 1. The zero-order valence-electron chi connectivity index (χ0n) is 10.8. The van der Waals surface area contributed by atoms with Gasteiger partial charge in [0.05, 0.1) is 15.6 Å². The minimum absolute atomic E-state index is 0.126. The Hall–Kier alpha value is -1.66. The Morgan fingerprint density at radius 1 is 1.53 bits per heavy atom. The van der Waals surface area contributed by atoms with Crippen LogP contribution in [0, 0.1) is 10.1 Å². The van der Waals surface area contributed by atoms with E-state index in [9.17, 15) is 14.9 Å². The molecule has 7 heteroatoms. The van der Waals surface area contributed by atoms with Crippen molar-refractivity contribution in [3.05, 3.63) is 33.3 Å². The Bertz CT molecular complexity index is 497. The predicted molar refractivity (Wildman–Crippen MR) is 74.2 cm³/mol. The summed E-state index contributed by atoms with van der Waals surface area (Å²) in [5.41, 5.74) is 5.44. The second kappa shape index (κ2) is 5.99. The van der Waals surface area contributed by atoms with E-state index >= 15 is 0 Å². The number of nitro groups is 1. The van der Waals surface area contributed by atoms with Crippen molar-refractivity contribution in [3.8, 4) is 0 Å². The molecule has 1 aromatic rings. The van der Waals surface area contributed by atoms with Gasteiger partial charge >= 0.3 is 0 Å². The molecule has 1 aromatic carbocycles. The van der Waals surface area contributed by atoms with E-state index in [0.717, 1.165) is 0 Å². The van der Waals surface area contributed by atoms with E-state index in [4.69, 9.17) is 17.3 Å². The van der Waals surface area contributed by atoms with Crippen LogP contribution in [-0.2, 0) is 4.79 Å². The average Bonchev–Trinajstić information content (AvgIpc) is 2.28. The molecule has 0 fully saturated rings. The van der Waals surface area contributed by atoms with Gasteiger partial charge in [0, 0.05) is 24.1 Å². The standard InChI is InChI=1S/C12H16ClN3O3/c1-12(2,14)6-5-11(17)15-10-7-8(16(18)19)3-4-9(10)13/h3-4,7H,5-6,14H2,1-2H3,(H,15,17). The Morgan fingerprint density at radius 2 is 2.16 bits per heavy atom. The molecule has 0 aromatic heterocycles. The number of hydrogen-bond donors (Lipinski definition) is 2. The van der Waals surface area contributed by atoms with Gasteiger partial charge in [-0.3, -0.25) is 14.9 Å². The Morgan fingerprint density at radius 3 is 2.68 bits per heavy atom. The third kappa shape index (κ3) is 5.23. The highest BCUT2D eigenvalue weighted by Gasteiger charge is 2.15. The number of nitrogens with two attached hydrogens (primary N) is 1. The van der Waals surface area contributed by atoms with E-state index < -0.39 is 10.5 Å². The number of benzene rings is 1. The van der Waals surface area contributed by atoms with Gasteiger partial charge in [-0.15, -0.1) is 0 Å². The lowest BCUT2D eigenvalue weighted by atomic mass is 10.00. The van der Waals surface area contributed by atoms with Gasteiger partial charge in [0.25, 0.3) is 5.69 Å². The first kappa shape index (κ1) is 15.4. The number of nitrogens with one attached hydrogen (secondary N) is 1. The summed E-state index contributed by atoms with van der Waals surface area (Å²) in [6.07, 6.45) is 0.730. The lowest BCUT2D eigenvalue weighted by molar-refractivity contribution is -0.384. The Balaban J connectivity index is 2.73. The molecule has 104 valence electrons. The second-order valence-corrected chi connectivity index (χ2v) is 5.37. The first-order chi connectivity index (χ1) is 8.69. The van der Waals surface area contributed by atoms with Gasteiger partial charge in [-0.1, -0.05) is 11.6 Å². The van der Waals surface area contributed by atoms with Crippen LogP contribution in [0.4, 0.5) is 11.4 Å². The van der Waals surface area contributed by atoms with Crippen molar-refractivity contribution in [2.75, 3.05) is 5.32 Å². The minimum Gasteiger partial charge on any atom is -0.326 e. The van der Waals surface area contributed by atoms with Crippen molar-refractivity contribution in [2.45, 2.75) is 32.2 Å². The molecule has 0 atom stereocenters. The maximum absolute atomic E-state index is 11.7. The monoisotopic (exact) mass is 285 g/mol. The molecule has 0 aliphatic rings. The fourth-order valence-electron chi connectivity index (χ4n) is 1.37.